The number of nitriles is 1. The summed E-state index contributed by atoms with van der Waals surface area (Å²) in [5, 5.41) is 17.3. The molecule has 0 atom stereocenters. The van der Waals surface area contributed by atoms with Gasteiger partial charge in [-0.05, 0) is 30.5 Å². The van der Waals surface area contributed by atoms with Gasteiger partial charge in [-0.3, -0.25) is 4.79 Å². The number of halogens is 1. The van der Waals surface area contributed by atoms with Crippen LogP contribution in [0.2, 0.25) is 5.02 Å². The number of aromatic nitrogens is 1. The van der Waals surface area contributed by atoms with Gasteiger partial charge in [0.1, 0.15) is 6.07 Å². The molecular weight excluding hydrogens is 388 g/mol. The van der Waals surface area contributed by atoms with Crippen molar-refractivity contribution in [2.75, 3.05) is 23.8 Å². The average molecular weight is 407 g/mol. The van der Waals surface area contributed by atoms with Gasteiger partial charge in [-0.1, -0.05) is 25.4 Å². The van der Waals surface area contributed by atoms with E-state index in [0.29, 0.717) is 16.1 Å². The van der Waals surface area contributed by atoms with Gasteiger partial charge in [0.05, 0.1) is 11.3 Å². The van der Waals surface area contributed by atoms with Crippen LogP contribution in [0.3, 0.4) is 0 Å². The molecule has 0 bridgehead atoms. The van der Waals surface area contributed by atoms with Gasteiger partial charge in [-0.2, -0.15) is 5.26 Å². The van der Waals surface area contributed by atoms with E-state index in [1.54, 1.807) is 11.4 Å². The number of anilines is 2. The van der Waals surface area contributed by atoms with Gasteiger partial charge in [-0.25, -0.2) is 9.78 Å². The van der Waals surface area contributed by atoms with Gasteiger partial charge in [-0.15, -0.1) is 11.3 Å². The second-order valence-electron chi connectivity index (χ2n) is 6.07. The summed E-state index contributed by atoms with van der Waals surface area (Å²) in [6.45, 7) is 4.52. The lowest BCUT2D eigenvalue weighted by Crippen LogP contribution is -2.21. The number of rotatable bonds is 8. The van der Waals surface area contributed by atoms with E-state index in [-0.39, 0.29) is 16.9 Å². The second-order valence-corrected chi connectivity index (χ2v) is 7.37. The quantitative estimate of drug-likeness (QED) is 0.644. The minimum Gasteiger partial charge on any atom is -0.451 e. The number of thiazole rings is 1. The number of nitrogens with one attached hydrogen (secondary N) is 2. The lowest BCUT2D eigenvalue weighted by atomic mass is 10.1. The third-order valence-corrected chi connectivity index (χ3v) is 4.46. The summed E-state index contributed by atoms with van der Waals surface area (Å²) in [7, 11) is 0. The van der Waals surface area contributed by atoms with E-state index in [1.807, 2.05) is 6.07 Å². The molecular formula is C18H19ClN4O3S. The van der Waals surface area contributed by atoms with E-state index in [2.05, 4.69) is 29.5 Å². The fourth-order valence-corrected chi connectivity index (χ4v) is 2.91. The SMILES string of the molecule is CC(C)CCNc1nc(C(=O)OCC(=O)Nc2cc(Cl)ccc2C#N)cs1. The molecule has 2 aromatic rings. The summed E-state index contributed by atoms with van der Waals surface area (Å²) in [6.07, 6.45) is 0.994. The molecule has 27 heavy (non-hydrogen) atoms. The van der Waals surface area contributed by atoms with Crippen LogP contribution in [-0.4, -0.2) is 30.0 Å². The molecule has 0 fully saturated rings. The molecule has 0 radical (unpaired) electrons. The highest BCUT2D eigenvalue weighted by Gasteiger charge is 2.15. The Morgan fingerprint density at radius 3 is 2.89 bits per heavy atom. The van der Waals surface area contributed by atoms with E-state index in [1.165, 1.54) is 23.5 Å². The van der Waals surface area contributed by atoms with Crippen molar-refractivity contribution in [3.8, 4) is 6.07 Å². The monoisotopic (exact) mass is 406 g/mol. The number of esters is 1. The second kappa shape index (κ2) is 9.90. The summed E-state index contributed by atoms with van der Waals surface area (Å²) < 4.78 is 4.97. The fourth-order valence-electron chi connectivity index (χ4n) is 2.03. The Morgan fingerprint density at radius 1 is 1.41 bits per heavy atom. The first-order chi connectivity index (χ1) is 12.9. The lowest BCUT2D eigenvalue weighted by Gasteiger charge is -2.08. The van der Waals surface area contributed by atoms with E-state index in [9.17, 15) is 9.59 Å². The Labute approximate surface area is 166 Å². The maximum atomic E-state index is 12.0. The zero-order valence-corrected chi connectivity index (χ0v) is 16.5. The molecule has 1 aromatic carbocycles. The van der Waals surface area contributed by atoms with Crippen LogP contribution in [0.1, 0.15) is 36.3 Å². The number of ether oxygens (including phenoxy) is 1. The molecule has 0 aliphatic heterocycles. The molecule has 9 heteroatoms. The first-order valence-electron chi connectivity index (χ1n) is 8.25. The zero-order valence-electron chi connectivity index (χ0n) is 14.9. The minimum absolute atomic E-state index is 0.139. The molecule has 142 valence electrons. The summed E-state index contributed by atoms with van der Waals surface area (Å²) in [6, 6.07) is 6.44. The summed E-state index contributed by atoms with van der Waals surface area (Å²) in [4.78, 5) is 28.1. The van der Waals surface area contributed by atoms with Crippen LogP contribution in [-0.2, 0) is 9.53 Å². The molecule has 0 unspecified atom stereocenters. The highest BCUT2D eigenvalue weighted by Crippen LogP contribution is 2.20. The van der Waals surface area contributed by atoms with Crippen LogP contribution in [0.25, 0.3) is 0 Å². The lowest BCUT2D eigenvalue weighted by molar-refractivity contribution is -0.119. The van der Waals surface area contributed by atoms with E-state index < -0.39 is 18.5 Å². The molecule has 1 aromatic heterocycles. The normalized spacial score (nSPS) is 10.3. The van der Waals surface area contributed by atoms with Gasteiger partial charge in [0.25, 0.3) is 5.91 Å². The molecule has 2 rings (SSSR count). The van der Waals surface area contributed by atoms with Gasteiger partial charge < -0.3 is 15.4 Å². The number of nitrogens with zero attached hydrogens (tertiary/aromatic N) is 2. The standard InChI is InChI=1S/C18H19ClN4O3S/c1-11(2)5-6-21-18-23-15(10-27-18)17(25)26-9-16(24)22-14-7-13(19)4-3-12(14)8-20/h3-4,7,10-11H,5-6,9H2,1-2H3,(H,21,23)(H,22,24). The van der Waals surface area contributed by atoms with Crippen LogP contribution in [0.5, 0.6) is 0 Å². The largest absolute Gasteiger partial charge is 0.451 e. The van der Waals surface area contributed by atoms with E-state index in [4.69, 9.17) is 21.6 Å². The number of benzene rings is 1. The third-order valence-electron chi connectivity index (χ3n) is 3.42. The molecule has 0 saturated heterocycles. The predicted molar refractivity (Wildman–Crippen MR) is 105 cm³/mol. The first-order valence-corrected chi connectivity index (χ1v) is 9.51. The topological polar surface area (TPSA) is 104 Å². The van der Waals surface area contributed by atoms with Crippen molar-refractivity contribution in [2.45, 2.75) is 20.3 Å². The van der Waals surface area contributed by atoms with E-state index in [0.717, 1.165) is 13.0 Å². The maximum absolute atomic E-state index is 12.0. The Bertz CT molecular complexity index is 861. The highest BCUT2D eigenvalue weighted by atomic mass is 35.5. The minimum atomic E-state index is -0.690. The Kier molecular flexibility index (Phi) is 7.58. The van der Waals surface area contributed by atoms with Crippen LogP contribution in [0.15, 0.2) is 23.6 Å². The number of carbonyl (C=O) groups excluding carboxylic acids is 2. The van der Waals surface area contributed by atoms with Crippen molar-refractivity contribution < 1.29 is 14.3 Å². The molecule has 0 aliphatic carbocycles. The Balaban J connectivity index is 1.85. The van der Waals surface area contributed by atoms with Crippen molar-refractivity contribution in [2.24, 2.45) is 5.92 Å². The van der Waals surface area contributed by atoms with Gasteiger partial charge >= 0.3 is 5.97 Å². The van der Waals surface area contributed by atoms with Crippen LogP contribution in [0.4, 0.5) is 10.8 Å². The van der Waals surface area contributed by atoms with Crippen molar-refractivity contribution >= 4 is 45.6 Å². The molecule has 0 spiro atoms. The molecule has 1 amide bonds. The highest BCUT2D eigenvalue weighted by molar-refractivity contribution is 7.13. The summed E-state index contributed by atoms with van der Waals surface area (Å²) in [5.41, 5.74) is 0.660. The van der Waals surface area contributed by atoms with Crippen molar-refractivity contribution in [1.29, 1.82) is 5.26 Å². The van der Waals surface area contributed by atoms with E-state index >= 15 is 0 Å². The van der Waals surface area contributed by atoms with Crippen LogP contribution < -0.4 is 10.6 Å². The Morgan fingerprint density at radius 2 is 2.19 bits per heavy atom. The maximum Gasteiger partial charge on any atom is 0.358 e. The Hall–Kier alpha value is -2.63. The number of hydrogen-bond donors (Lipinski definition) is 2. The van der Waals surface area contributed by atoms with Crippen molar-refractivity contribution in [3.63, 3.8) is 0 Å². The van der Waals surface area contributed by atoms with Gasteiger partial charge in [0.15, 0.2) is 17.4 Å². The predicted octanol–water partition coefficient (Wildman–Crippen LogP) is 3.92. The number of carbonyl (C=O) groups is 2. The summed E-state index contributed by atoms with van der Waals surface area (Å²) >= 11 is 7.16. The summed E-state index contributed by atoms with van der Waals surface area (Å²) in [5.74, 6) is -0.695. The molecule has 0 saturated carbocycles. The first kappa shape index (κ1) is 20.7. The smallest absolute Gasteiger partial charge is 0.358 e. The zero-order chi connectivity index (χ0) is 19.8. The van der Waals surface area contributed by atoms with Gasteiger partial charge in [0.2, 0.25) is 0 Å². The third kappa shape index (κ3) is 6.55. The van der Waals surface area contributed by atoms with Gasteiger partial charge in [0, 0.05) is 16.9 Å². The van der Waals surface area contributed by atoms with Crippen molar-refractivity contribution in [3.05, 3.63) is 39.9 Å². The number of hydrogen-bond acceptors (Lipinski definition) is 7. The average Bonchev–Trinajstić information content (AvgIpc) is 3.08. The van der Waals surface area contributed by atoms with Crippen molar-refractivity contribution in [1.82, 2.24) is 4.98 Å². The molecule has 2 N–H and O–H groups in total. The number of amides is 1. The molecule has 0 aliphatic rings. The molecule has 7 nitrogen and oxygen atoms in total. The van der Waals surface area contributed by atoms with Crippen LogP contribution >= 0.6 is 22.9 Å². The molecule has 1 heterocycles. The van der Waals surface area contributed by atoms with Crippen LogP contribution in [0, 0.1) is 17.2 Å². The fraction of sp³-hybridized carbons (Fsp3) is 0.333.